The molecule has 22 heavy (non-hydrogen) atoms. The van der Waals surface area contributed by atoms with E-state index in [1.807, 2.05) is 0 Å². The van der Waals surface area contributed by atoms with E-state index in [0.717, 1.165) is 51.4 Å². The van der Waals surface area contributed by atoms with Crippen LogP contribution in [0, 0.1) is 11.3 Å². The van der Waals surface area contributed by atoms with Crippen molar-refractivity contribution >= 4 is 10.0 Å². The van der Waals surface area contributed by atoms with Gasteiger partial charge in [-0.15, -0.1) is 0 Å². The molecule has 0 bridgehead atoms. The van der Waals surface area contributed by atoms with Gasteiger partial charge in [0, 0.05) is 13.0 Å². The number of sulfonamides is 1. The lowest BCUT2D eigenvalue weighted by Crippen LogP contribution is -2.27. The number of nitrogens with one attached hydrogen (secondary N) is 1. The fourth-order valence-corrected chi connectivity index (χ4v) is 3.59. The van der Waals surface area contributed by atoms with Crippen molar-refractivity contribution in [3.05, 3.63) is 0 Å². The molecule has 0 saturated carbocycles. The quantitative estimate of drug-likeness (QED) is 0.423. The van der Waals surface area contributed by atoms with Crippen LogP contribution in [0.2, 0.25) is 0 Å². The summed E-state index contributed by atoms with van der Waals surface area (Å²) in [6, 6.07) is 2.17. The second-order valence-corrected chi connectivity index (χ2v) is 7.94. The lowest BCUT2D eigenvalue weighted by Gasteiger charge is -2.06. The van der Waals surface area contributed by atoms with E-state index >= 15 is 0 Å². The Hall–Kier alpha value is -0.600. The van der Waals surface area contributed by atoms with Crippen molar-refractivity contribution in [3.8, 4) is 6.07 Å². The number of nitriles is 1. The van der Waals surface area contributed by atoms with Crippen LogP contribution < -0.4 is 4.72 Å². The van der Waals surface area contributed by atoms with Gasteiger partial charge in [-0.3, -0.25) is 0 Å². The van der Waals surface area contributed by atoms with Gasteiger partial charge in [0.15, 0.2) is 0 Å². The Kier molecular flexibility index (Phi) is 14.9. The maximum Gasteiger partial charge on any atom is 0.211 e. The highest BCUT2D eigenvalue weighted by atomic mass is 32.2. The van der Waals surface area contributed by atoms with Gasteiger partial charge in [0.05, 0.1) is 11.8 Å². The number of hydrogen-bond donors (Lipinski definition) is 1. The number of unbranched alkanes of at least 4 members (excludes halogenated alkanes) is 11. The molecule has 0 unspecified atom stereocenters. The minimum Gasteiger partial charge on any atom is -0.215 e. The Balaban J connectivity index is 3.32. The Morgan fingerprint density at radius 1 is 0.818 bits per heavy atom. The highest BCUT2D eigenvalue weighted by Crippen LogP contribution is 2.09. The van der Waals surface area contributed by atoms with E-state index in [9.17, 15) is 8.42 Å². The molecule has 0 aliphatic heterocycles. The van der Waals surface area contributed by atoms with Crippen LogP contribution in [-0.4, -0.2) is 20.7 Å². The molecule has 0 rings (SSSR count). The van der Waals surface area contributed by atoms with Crippen LogP contribution in [0.1, 0.15) is 90.4 Å². The minimum absolute atomic E-state index is 0.274. The first-order valence-corrected chi connectivity index (χ1v) is 10.6. The third-order valence-corrected chi connectivity index (χ3v) is 5.27. The molecule has 0 amide bonds. The van der Waals surface area contributed by atoms with Crippen LogP contribution in [0.25, 0.3) is 0 Å². The lowest BCUT2D eigenvalue weighted by molar-refractivity contribution is 0.554. The predicted octanol–water partition coefficient (Wildman–Crippen LogP) is 4.52. The molecule has 0 heterocycles. The van der Waals surface area contributed by atoms with E-state index < -0.39 is 10.0 Å². The summed E-state index contributed by atoms with van der Waals surface area (Å²) in [5.74, 6) is 0.274. The molecule has 0 radical (unpaired) electrons. The first-order valence-electron chi connectivity index (χ1n) is 8.96. The van der Waals surface area contributed by atoms with E-state index in [4.69, 9.17) is 5.26 Å². The Bertz CT molecular complexity index is 375. The molecule has 0 aromatic carbocycles. The molecule has 0 aliphatic rings. The van der Waals surface area contributed by atoms with Crippen molar-refractivity contribution in [3.63, 3.8) is 0 Å². The van der Waals surface area contributed by atoms with Crippen molar-refractivity contribution in [1.29, 1.82) is 5.26 Å². The van der Waals surface area contributed by atoms with E-state index in [-0.39, 0.29) is 5.75 Å². The smallest absolute Gasteiger partial charge is 0.211 e. The molecular formula is C17H34N2O2S. The molecule has 0 aliphatic carbocycles. The topological polar surface area (TPSA) is 70.0 Å². The summed E-state index contributed by atoms with van der Waals surface area (Å²) in [6.07, 6.45) is 13.8. The monoisotopic (exact) mass is 330 g/mol. The average Bonchev–Trinajstić information content (AvgIpc) is 2.49. The molecule has 4 nitrogen and oxygen atoms in total. The standard InChI is InChI=1S/C17H34N2O2S/c1-2-3-4-14-17-22(20,21)19-16-13-11-9-7-5-6-8-10-12-15-18/h19H,2-14,16-17H2,1H3. The van der Waals surface area contributed by atoms with Crippen molar-refractivity contribution in [2.75, 3.05) is 12.3 Å². The van der Waals surface area contributed by atoms with Gasteiger partial charge in [-0.25, -0.2) is 13.1 Å². The fourth-order valence-electron chi connectivity index (χ4n) is 2.41. The SMILES string of the molecule is CCCCCCS(=O)(=O)NCCCCCCCCCCC#N. The summed E-state index contributed by atoms with van der Waals surface area (Å²) in [5, 5.41) is 8.42. The fraction of sp³-hybridized carbons (Fsp3) is 0.941. The molecular weight excluding hydrogens is 296 g/mol. The lowest BCUT2D eigenvalue weighted by atomic mass is 10.1. The van der Waals surface area contributed by atoms with Crippen LogP contribution in [0.5, 0.6) is 0 Å². The second-order valence-electron chi connectivity index (χ2n) is 6.01. The van der Waals surface area contributed by atoms with Crippen molar-refractivity contribution < 1.29 is 8.42 Å². The van der Waals surface area contributed by atoms with Crippen LogP contribution in [-0.2, 0) is 10.0 Å². The first-order chi connectivity index (χ1) is 10.6. The third-order valence-electron chi connectivity index (χ3n) is 3.80. The van der Waals surface area contributed by atoms with E-state index in [1.54, 1.807) is 0 Å². The van der Waals surface area contributed by atoms with Gasteiger partial charge in [0.2, 0.25) is 10.0 Å². The highest BCUT2D eigenvalue weighted by molar-refractivity contribution is 7.89. The van der Waals surface area contributed by atoms with E-state index in [2.05, 4.69) is 17.7 Å². The maximum atomic E-state index is 11.7. The predicted molar refractivity (Wildman–Crippen MR) is 93.1 cm³/mol. The Morgan fingerprint density at radius 3 is 1.95 bits per heavy atom. The number of rotatable bonds is 16. The molecule has 0 saturated heterocycles. The summed E-state index contributed by atoms with van der Waals surface area (Å²) in [4.78, 5) is 0. The van der Waals surface area contributed by atoms with Gasteiger partial charge in [-0.1, -0.05) is 64.7 Å². The summed E-state index contributed by atoms with van der Waals surface area (Å²) in [5.41, 5.74) is 0. The summed E-state index contributed by atoms with van der Waals surface area (Å²) in [7, 11) is -3.05. The average molecular weight is 331 g/mol. The molecule has 0 fully saturated rings. The summed E-state index contributed by atoms with van der Waals surface area (Å²) >= 11 is 0. The molecule has 0 aromatic heterocycles. The molecule has 1 N–H and O–H groups in total. The largest absolute Gasteiger partial charge is 0.215 e. The number of nitrogens with zero attached hydrogens (tertiary/aromatic N) is 1. The normalized spacial score (nSPS) is 11.5. The van der Waals surface area contributed by atoms with Gasteiger partial charge in [-0.2, -0.15) is 5.26 Å². The van der Waals surface area contributed by atoms with Crippen LogP contribution in [0.4, 0.5) is 0 Å². The number of hydrogen-bond acceptors (Lipinski definition) is 3. The van der Waals surface area contributed by atoms with Crippen LogP contribution in [0.3, 0.4) is 0 Å². The van der Waals surface area contributed by atoms with Gasteiger partial charge in [-0.05, 0) is 19.3 Å². The van der Waals surface area contributed by atoms with Gasteiger partial charge in [0.1, 0.15) is 0 Å². The second kappa shape index (κ2) is 15.3. The van der Waals surface area contributed by atoms with Crippen molar-refractivity contribution in [1.82, 2.24) is 4.72 Å². The first kappa shape index (κ1) is 21.4. The van der Waals surface area contributed by atoms with Crippen molar-refractivity contribution in [2.24, 2.45) is 0 Å². The van der Waals surface area contributed by atoms with E-state index in [1.165, 1.54) is 25.7 Å². The van der Waals surface area contributed by atoms with Crippen LogP contribution in [0.15, 0.2) is 0 Å². The van der Waals surface area contributed by atoms with Gasteiger partial charge in [0.25, 0.3) is 0 Å². The van der Waals surface area contributed by atoms with Gasteiger partial charge < -0.3 is 0 Å². The highest BCUT2D eigenvalue weighted by Gasteiger charge is 2.08. The zero-order valence-electron chi connectivity index (χ0n) is 14.3. The molecule has 130 valence electrons. The summed E-state index contributed by atoms with van der Waals surface area (Å²) in [6.45, 7) is 2.71. The third kappa shape index (κ3) is 15.8. The molecule has 0 atom stereocenters. The van der Waals surface area contributed by atoms with Crippen molar-refractivity contribution in [2.45, 2.75) is 90.4 Å². The Labute approximate surface area is 137 Å². The minimum atomic E-state index is -3.05. The summed E-state index contributed by atoms with van der Waals surface area (Å²) < 4.78 is 26.1. The zero-order valence-corrected chi connectivity index (χ0v) is 15.1. The Morgan fingerprint density at radius 2 is 1.36 bits per heavy atom. The maximum absolute atomic E-state index is 11.7. The van der Waals surface area contributed by atoms with Crippen LogP contribution >= 0.6 is 0 Å². The zero-order chi connectivity index (χ0) is 16.5. The molecule has 0 spiro atoms. The van der Waals surface area contributed by atoms with E-state index in [0.29, 0.717) is 13.0 Å². The molecule has 0 aromatic rings. The molecule has 5 heteroatoms. The van der Waals surface area contributed by atoms with Gasteiger partial charge >= 0.3 is 0 Å².